The SMILES string of the molecule is CCOC(=O)[C@](Br)(Cc1ccccc1)C(C)=O. The summed E-state index contributed by atoms with van der Waals surface area (Å²) in [5.41, 5.74) is 0.910. The molecule has 1 aromatic carbocycles. The van der Waals surface area contributed by atoms with Crippen molar-refractivity contribution in [3.8, 4) is 0 Å². The number of benzene rings is 1. The van der Waals surface area contributed by atoms with Crippen LogP contribution in [0.2, 0.25) is 0 Å². The van der Waals surface area contributed by atoms with Crippen molar-refractivity contribution in [2.75, 3.05) is 6.61 Å². The van der Waals surface area contributed by atoms with Crippen LogP contribution in [-0.2, 0) is 20.7 Å². The van der Waals surface area contributed by atoms with Crippen molar-refractivity contribution in [3.05, 3.63) is 35.9 Å². The molecule has 0 bridgehead atoms. The molecule has 0 saturated heterocycles. The van der Waals surface area contributed by atoms with E-state index in [1.54, 1.807) is 6.92 Å². The maximum atomic E-state index is 11.8. The lowest BCUT2D eigenvalue weighted by Gasteiger charge is -2.22. The number of Topliss-reactive ketones (excluding diaryl/α,β-unsaturated/α-hetero) is 1. The summed E-state index contributed by atoms with van der Waals surface area (Å²) in [6.07, 6.45) is 0.294. The third-order valence-electron chi connectivity index (χ3n) is 2.45. The van der Waals surface area contributed by atoms with Gasteiger partial charge in [-0.15, -0.1) is 0 Å². The minimum atomic E-state index is -1.27. The lowest BCUT2D eigenvalue weighted by molar-refractivity contribution is -0.148. The van der Waals surface area contributed by atoms with Gasteiger partial charge in [0.2, 0.25) is 0 Å². The molecule has 1 rings (SSSR count). The summed E-state index contributed by atoms with van der Waals surface area (Å²) in [6, 6.07) is 9.37. The average molecular weight is 299 g/mol. The van der Waals surface area contributed by atoms with Crippen LogP contribution in [0.1, 0.15) is 19.4 Å². The van der Waals surface area contributed by atoms with Crippen LogP contribution in [0, 0.1) is 0 Å². The van der Waals surface area contributed by atoms with Gasteiger partial charge in [-0.3, -0.25) is 9.59 Å². The molecule has 0 fully saturated rings. The molecule has 0 aliphatic rings. The first-order valence-corrected chi connectivity index (χ1v) is 6.21. The monoisotopic (exact) mass is 298 g/mol. The Bertz CT molecular complexity index is 402. The fourth-order valence-electron chi connectivity index (χ4n) is 1.46. The van der Waals surface area contributed by atoms with Crippen LogP contribution in [0.3, 0.4) is 0 Å². The van der Waals surface area contributed by atoms with Gasteiger partial charge in [0, 0.05) is 6.42 Å². The Morgan fingerprint density at radius 3 is 2.35 bits per heavy atom. The van der Waals surface area contributed by atoms with E-state index in [-0.39, 0.29) is 12.4 Å². The largest absolute Gasteiger partial charge is 0.465 e. The molecule has 0 spiro atoms. The van der Waals surface area contributed by atoms with Crippen LogP contribution in [0.25, 0.3) is 0 Å². The van der Waals surface area contributed by atoms with Crippen LogP contribution < -0.4 is 0 Å². The van der Waals surface area contributed by atoms with Crippen molar-refractivity contribution in [2.24, 2.45) is 0 Å². The number of rotatable bonds is 5. The Kier molecular flexibility index (Phi) is 4.87. The highest BCUT2D eigenvalue weighted by Gasteiger charge is 2.42. The summed E-state index contributed by atoms with van der Waals surface area (Å²) >= 11 is 3.23. The van der Waals surface area contributed by atoms with Gasteiger partial charge >= 0.3 is 5.97 Å². The maximum absolute atomic E-state index is 11.8. The van der Waals surface area contributed by atoms with E-state index >= 15 is 0 Å². The molecule has 92 valence electrons. The van der Waals surface area contributed by atoms with Crippen molar-refractivity contribution in [2.45, 2.75) is 24.6 Å². The van der Waals surface area contributed by atoms with Crippen LogP contribution in [0.4, 0.5) is 0 Å². The summed E-state index contributed by atoms with van der Waals surface area (Å²) in [6.45, 7) is 3.36. The van der Waals surface area contributed by atoms with Crippen LogP contribution in [0.15, 0.2) is 30.3 Å². The molecule has 0 N–H and O–H groups in total. The molecule has 1 atom stereocenters. The van der Waals surface area contributed by atoms with E-state index in [2.05, 4.69) is 15.9 Å². The van der Waals surface area contributed by atoms with Crippen molar-refractivity contribution in [1.82, 2.24) is 0 Å². The second-order valence-electron chi connectivity index (χ2n) is 3.74. The lowest BCUT2D eigenvalue weighted by atomic mass is 9.96. The van der Waals surface area contributed by atoms with E-state index in [9.17, 15) is 9.59 Å². The van der Waals surface area contributed by atoms with Crippen LogP contribution >= 0.6 is 15.9 Å². The molecule has 0 saturated carbocycles. The lowest BCUT2D eigenvalue weighted by Crippen LogP contribution is -2.42. The first-order valence-electron chi connectivity index (χ1n) is 5.41. The van der Waals surface area contributed by atoms with E-state index in [1.807, 2.05) is 30.3 Å². The molecule has 0 unspecified atom stereocenters. The number of alkyl halides is 1. The third-order valence-corrected chi connectivity index (χ3v) is 3.61. The number of hydrogen-bond donors (Lipinski definition) is 0. The second-order valence-corrected chi connectivity index (χ2v) is 5.09. The number of halogens is 1. The van der Waals surface area contributed by atoms with Gasteiger partial charge in [0.1, 0.15) is 0 Å². The normalized spacial score (nSPS) is 13.8. The molecule has 17 heavy (non-hydrogen) atoms. The number of ketones is 1. The van der Waals surface area contributed by atoms with Gasteiger partial charge in [-0.1, -0.05) is 46.3 Å². The molecule has 0 aliphatic carbocycles. The summed E-state index contributed by atoms with van der Waals surface area (Å²) in [5.74, 6) is -0.781. The van der Waals surface area contributed by atoms with Crippen LogP contribution in [-0.4, -0.2) is 22.7 Å². The van der Waals surface area contributed by atoms with Crippen molar-refractivity contribution in [1.29, 1.82) is 0 Å². The van der Waals surface area contributed by atoms with Gasteiger partial charge in [0.15, 0.2) is 10.1 Å². The second kappa shape index (κ2) is 5.96. The molecule has 0 radical (unpaired) electrons. The first kappa shape index (κ1) is 13.9. The molecule has 3 nitrogen and oxygen atoms in total. The summed E-state index contributed by atoms with van der Waals surface area (Å²) in [5, 5.41) is 0. The van der Waals surface area contributed by atoms with E-state index in [0.717, 1.165) is 5.56 Å². The zero-order chi connectivity index (χ0) is 12.9. The number of carbonyl (C=O) groups excluding carboxylic acids is 2. The summed E-state index contributed by atoms with van der Waals surface area (Å²) in [4.78, 5) is 23.5. The average Bonchev–Trinajstić information content (AvgIpc) is 2.30. The highest BCUT2D eigenvalue weighted by molar-refractivity contribution is 9.10. The Morgan fingerprint density at radius 1 is 1.29 bits per heavy atom. The van der Waals surface area contributed by atoms with E-state index < -0.39 is 10.3 Å². The standard InChI is InChI=1S/C13H15BrO3/c1-3-17-12(16)13(14,10(2)15)9-11-7-5-4-6-8-11/h4-8H,3,9H2,1-2H3/t13-/m0/s1. The van der Waals surface area contributed by atoms with Gasteiger partial charge in [-0.25, -0.2) is 0 Å². The van der Waals surface area contributed by atoms with Crippen molar-refractivity contribution >= 4 is 27.7 Å². The smallest absolute Gasteiger partial charge is 0.330 e. The zero-order valence-corrected chi connectivity index (χ0v) is 11.5. The predicted octanol–water partition coefficient (Wildman–Crippen LogP) is 2.51. The number of hydrogen-bond acceptors (Lipinski definition) is 3. The predicted molar refractivity (Wildman–Crippen MR) is 69.1 cm³/mol. The van der Waals surface area contributed by atoms with Gasteiger partial charge in [-0.2, -0.15) is 0 Å². The molecule has 0 amide bonds. The van der Waals surface area contributed by atoms with Crippen molar-refractivity contribution in [3.63, 3.8) is 0 Å². The fraction of sp³-hybridized carbons (Fsp3) is 0.385. The molecular formula is C13H15BrO3. The molecule has 0 heterocycles. The Balaban J connectivity index is 2.93. The molecular weight excluding hydrogens is 284 g/mol. The Hall–Kier alpha value is -1.16. The number of ether oxygens (including phenoxy) is 1. The van der Waals surface area contributed by atoms with Crippen LogP contribution in [0.5, 0.6) is 0 Å². The fourth-order valence-corrected chi connectivity index (χ4v) is 1.90. The first-order chi connectivity index (χ1) is 8.00. The Labute approximate surface area is 109 Å². The summed E-state index contributed by atoms with van der Waals surface area (Å²) in [7, 11) is 0. The van der Waals surface area contributed by atoms with Gasteiger partial charge in [0.05, 0.1) is 6.61 Å². The maximum Gasteiger partial charge on any atom is 0.330 e. The molecule has 4 heteroatoms. The van der Waals surface area contributed by atoms with Gasteiger partial charge in [-0.05, 0) is 19.4 Å². The Morgan fingerprint density at radius 2 is 1.88 bits per heavy atom. The number of carbonyl (C=O) groups is 2. The van der Waals surface area contributed by atoms with E-state index in [0.29, 0.717) is 6.42 Å². The minimum absolute atomic E-state index is 0.250. The van der Waals surface area contributed by atoms with Gasteiger partial charge < -0.3 is 4.74 Å². The molecule has 0 aliphatic heterocycles. The number of esters is 1. The topological polar surface area (TPSA) is 43.4 Å². The third kappa shape index (κ3) is 3.40. The van der Waals surface area contributed by atoms with Gasteiger partial charge in [0.25, 0.3) is 0 Å². The molecule has 1 aromatic rings. The van der Waals surface area contributed by atoms with E-state index in [1.165, 1.54) is 6.92 Å². The zero-order valence-electron chi connectivity index (χ0n) is 9.90. The highest BCUT2D eigenvalue weighted by atomic mass is 79.9. The quantitative estimate of drug-likeness (QED) is 0.477. The highest BCUT2D eigenvalue weighted by Crippen LogP contribution is 2.26. The van der Waals surface area contributed by atoms with E-state index in [4.69, 9.17) is 4.74 Å². The van der Waals surface area contributed by atoms with Crippen molar-refractivity contribution < 1.29 is 14.3 Å². The minimum Gasteiger partial charge on any atom is -0.465 e. The molecule has 0 aromatic heterocycles. The summed E-state index contributed by atoms with van der Waals surface area (Å²) < 4.78 is 3.66.